The number of hydrogen-bond acceptors (Lipinski definition) is 6. The molecule has 3 heterocycles. The van der Waals surface area contributed by atoms with Crippen molar-refractivity contribution in [2.45, 2.75) is 45.6 Å². The Morgan fingerprint density at radius 3 is 2.55 bits per heavy atom. The summed E-state index contributed by atoms with van der Waals surface area (Å²) in [5.74, 6) is -0.141. The average Bonchev–Trinajstić information content (AvgIpc) is 3.18. The van der Waals surface area contributed by atoms with Gasteiger partial charge in [0.25, 0.3) is 5.56 Å². The molecule has 0 aliphatic heterocycles. The van der Waals surface area contributed by atoms with E-state index in [0.717, 1.165) is 24.1 Å². The monoisotopic (exact) mass is 404 g/mol. The number of nitrogens with one attached hydrogen (secondary N) is 2. The zero-order chi connectivity index (χ0) is 19.9. The van der Waals surface area contributed by atoms with E-state index in [9.17, 15) is 9.18 Å². The molecule has 0 atom stereocenters. The predicted molar refractivity (Wildman–Crippen MR) is 104 cm³/mol. The van der Waals surface area contributed by atoms with Crippen LogP contribution in [-0.2, 0) is 0 Å². The van der Waals surface area contributed by atoms with Gasteiger partial charge in [-0.25, -0.2) is 14.5 Å². The molecule has 0 unspecified atom stereocenters. The number of rotatable bonds is 3. The van der Waals surface area contributed by atoms with Gasteiger partial charge >= 0.3 is 29.6 Å². The summed E-state index contributed by atoms with van der Waals surface area (Å²) in [5.41, 5.74) is 2.36. The van der Waals surface area contributed by atoms with Crippen molar-refractivity contribution in [3.63, 3.8) is 0 Å². The fraction of sp³-hybridized carbons (Fsp3) is 0.350. The van der Waals surface area contributed by atoms with E-state index >= 15 is 0 Å². The second-order valence-electron chi connectivity index (χ2n) is 6.74. The number of aromatic amines is 1. The van der Waals surface area contributed by atoms with Crippen molar-refractivity contribution in [3.05, 3.63) is 64.5 Å². The van der Waals surface area contributed by atoms with E-state index in [4.69, 9.17) is 0 Å². The molecule has 0 amide bonds. The van der Waals surface area contributed by atoms with Gasteiger partial charge in [-0.3, -0.25) is 4.79 Å². The molecule has 2 N–H and O–H groups in total. The Morgan fingerprint density at radius 2 is 2.00 bits per heavy atom. The van der Waals surface area contributed by atoms with Crippen molar-refractivity contribution < 1.29 is 33.9 Å². The largest absolute Gasteiger partial charge is 1.00 e. The minimum absolute atomic E-state index is 0. The van der Waals surface area contributed by atoms with Crippen molar-refractivity contribution in [2.75, 3.05) is 5.32 Å². The van der Waals surface area contributed by atoms with Gasteiger partial charge in [0, 0.05) is 24.0 Å². The second kappa shape index (κ2) is 11.1. The van der Waals surface area contributed by atoms with Crippen LogP contribution in [-0.4, -0.2) is 31.2 Å². The number of pyridine rings is 2. The Bertz CT molecular complexity index is 976. The number of anilines is 1. The number of aromatic nitrogens is 5. The number of halogens is 1. The van der Waals surface area contributed by atoms with Crippen LogP contribution in [0.25, 0.3) is 11.1 Å². The fourth-order valence-corrected chi connectivity index (χ4v) is 3.16. The van der Waals surface area contributed by atoms with Crippen LogP contribution in [0, 0.1) is 26.0 Å². The zero-order valence-electron chi connectivity index (χ0n) is 16.9. The maximum Gasteiger partial charge on any atom is 1.00 e. The van der Waals surface area contributed by atoms with Gasteiger partial charge in [-0.1, -0.05) is 12.8 Å². The van der Waals surface area contributed by atoms with Crippen molar-refractivity contribution in [3.8, 4) is 11.1 Å². The van der Waals surface area contributed by atoms with E-state index < -0.39 is 5.82 Å². The van der Waals surface area contributed by atoms with Gasteiger partial charge in [0.1, 0.15) is 0 Å². The Balaban J connectivity index is 0.000000319. The van der Waals surface area contributed by atoms with E-state index in [1.807, 2.05) is 13.8 Å². The van der Waals surface area contributed by atoms with Crippen LogP contribution in [0.3, 0.4) is 0 Å². The molecule has 146 valence electrons. The smallest absolute Gasteiger partial charge is 0.436 e. The summed E-state index contributed by atoms with van der Waals surface area (Å²) in [6, 6.07) is 3.47. The van der Waals surface area contributed by atoms with Crippen LogP contribution in [0.4, 0.5) is 10.2 Å². The molecule has 3 aromatic rings. The van der Waals surface area contributed by atoms with Crippen molar-refractivity contribution in [2.24, 2.45) is 0 Å². The standard InChI is InChI=1S/C16H18FN3O.C4H4N3.Na/c1-10-6-7-18-16(21)14(10)11-8-13(17)15(19-9-11)20-12-4-2-3-5-12;1-4-2-5-3-6-7-4;/h6-9,12H,2-5H2,1H3,(H,18,21)(H,19,20);2H,1H3;/q;-1;+1. The Morgan fingerprint density at radius 1 is 1.24 bits per heavy atom. The molecule has 0 spiro atoms. The van der Waals surface area contributed by atoms with E-state index in [2.05, 4.69) is 36.8 Å². The van der Waals surface area contributed by atoms with E-state index in [-0.39, 0.29) is 40.9 Å². The third-order valence-corrected chi connectivity index (χ3v) is 4.56. The fourth-order valence-electron chi connectivity index (χ4n) is 3.16. The minimum atomic E-state index is -0.415. The Labute approximate surface area is 190 Å². The summed E-state index contributed by atoms with van der Waals surface area (Å²) in [6.07, 6.45) is 11.5. The van der Waals surface area contributed by atoms with Gasteiger partial charge in [-0.05, 0) is 56.4 Å². The van der Waals surface area contributed by atoms with Gasteiger partial charge in [-0.2, -0.15) is 5.10 Å². The quantitative estimate of drug-likeness (QED) is 0.479. The topological polar surface area (TPSA) is 96.5 Å². The van der Waals surface area contributed by atoms with Gasteiger partial charge in [0.2, 0.25) is 0 Å². The molecule has 4 rings (SSSR count). The van der Waals surface area contributed by atoms with Crippen LogP contribution in [0.15, 0.2) is 35.5 Å². The summed E-state index contributed by atoms with van der Waals surface area (Å²) in [4.78, 5) is 22.3. The summed E-state index contributed by atoms with van der Waals surface area (Å²) < 4.78 is 14.2. The molecular weight excluding hydrogens is 382 g/mol. The summed E-state index contributed by atoms with van der Waals surface area (Å²) in [7, 11) is 0. The molecule has 0 radical (unpaired) electrons. The third-order valence-electron chi connectivity index (χ3n) is 4.56. The Hall–Kier alpha value is -2.16. The van der Waals surface area contributed by atoms with Crippen molar-refractivity contribution >= 4 is 5.82 Å². The van der Waals surface area contributed by atoms with Crippen molar-refractivity contribution in [1.82, 2.24) is 25.1 Å². The first-order valence-corrected chi connectivity index (χ1v) is 9.17. The molecule has 3 aromatic heterocycles. The molecule has 0 bridgehead atoms. The normalized spacial score (nSPS) is 13.2. The zero-order valence-corrected chi connectivity index (χ0v) is 18.9. The average molecular weight is 404 g/mol. The first kappa shape index (κ1) is 23.1. The molecular formula is C20H22FN6NaO. The predicted octanol–water partition coefficient (Wildman–Crippen LogP) is 0.223. The molecule has 9 heteroatoms. The third kappa shape index (κ3) is 6.42. The SMILES string of the molecule is Cc1cc[nH]c(=O)c1-c1cnc(NC2CCCC2)c(F)c1.Cc1cn[c-]nn1.[Na+]. The van der Waals surface area contributed by atoms with Gasteiger partial charge < -0.3 is 15.3 Å². The van der Waals surface area contributed by atoms with E-state index in [1.165, 1.54) is 18.9 Å². The molecule has 1 aliphatic rings. The number of hydrogen-bond donors (Lipinski definition) is 2. The molecule has 0 saturated heterocycles. The second-order valence-corrected chi connectivity index (χ2v) is 6.74. The Kier molecular flexibility index (Phi) is 8.88. The first-order chi connectivity index (χ1) is 13.5. The molecule has 29 heavy (non-hydrogen) atoms. The number of aryl methyl sites for hydroxylation is 2. The summed E-state index contributed by atoms with van der Waals surface area (Å²) in [6.45, 7) is 3.65. The van der Waals surface area contributed by atoms with Crippen molar-refractivity contribution in [1.29, 1.82) is 0 Å². The maximum absolute atomic E-state index is 14.2. The molecule has 1 fully saturated rings. The van der Waals surface area contributed by atoms with Gasteiger partial charge in [-0.15, -0.1) is 6.20 Å². The molecule has 1 aliphatic carbocycles. The number of nitrogens with zero attached hydrogens (tertiary/aromatic N) is 4. The van der Waals surface area contributed by atoms with E-state index in [1.54, 1.807) is 24.7 Å². The van der Waals surface area contributed by atoms with Crippen LogP contribution in [0.1, 0.15) is 36.9 Å². The summed E-state index contributed by atoms with van der Waals surface area (Å²) in [5, 5.41) is 10.2. The molecule has 1 saturated carbocycles. The summed E-state index contributed by atoms with van der Waals surface area (Å²) >= 11 is 0. The number of H-pyrrole nitrogens is 1. The van der Waals surface area contributed by atoms with Crippen LogP contribution >= 0.6 is 0 Å². The maximum atomic E-state index is 14.2. The van der Waals surface area contributed by atoms with Gasteiger partial charge in [0.15, 0.2) is 11.6 Å². The van der Waals surface area contributed by atoms with Crippen LogP contribution in [0.5, 0.6) is 0 Å². The first-order valence-electron chi connectivity index (χ1n) is 9.17. The minimum Gasteiger partial charge on any atom is -0.436 e. The van der Waals surface area contributed by atoms with Crippen LogP contribution < -0.4 is 40.4 Å². The van der Waals surface area contributed by atoms with Crippen LogP contribution in [0.2, 0.25) is 0 Å². The van der Waals surface area contributed by atoms with Gasteiger partial charge in [0.05, 0.1) is 5.56 Å². The molecule has 7 nitrogen and oxygen atoms in total. The van der Waals surface area contributed by atoms with E-state index in [0.29, 0.717) is 17.2 Å². The molecule has 0 aromatic carbocycles.